The summed E-state index contributed by atoms with van der Waals surface area (Å²) in [5.74, 6) is 1.000. The van der Waals surface area contributed by atoms with Crippen LogP contribution < -0.4 is 15.8 Å². The van der Waals surface area contributed by atoms with Gasteiger partial charge in [0.15, 0.2) is 0 Å². The topological polar surface area (TPSA) is 50.5 Å². The molecule has 0 saturated carbocycles. The molecule has 1 aromatic carbocycles. The van der Waals surface area contributed by atoms with Gasteiger partial charge in [0.2, 0.25) is 0 Å². The van der Waals surface area contributed by atoms with Crippen LogP contribution in [-0.4, -0.2) is 43.7 Å². The van der Waals surface area contributed by atoms with Crippen molar-refractivity contribution in [1.29, 1.82) is 0 Å². The van der Waals surface area contributed by atoms with E-state index < -0.39 is 0 Å². The monoisotopic (exact) mass is 261 g/mol. The molecule has 3 rings (SSSR count). The lowest BCUT2D eigenvalue weighted by Gasteiger charge is -2.32. The Hall–Kier alpha value is -1.26. The first-order valence-corrected chi connectivity index (χ1v) is 7.18. The van der Waals surface area contributed by atoms with E-state index in [9.17, 15) is 0 Å². The highest BCUT2D eigenvalue weighted by Gasteiger charge is 2.22. The third-order valence-corrected chi connectivity index (χ3v) is 4.13. The van der Waals surface area contributed by atoms with E-state index in [1.165, 1.54) is 37.2 Å². The first-order chi connectivity index (χ1) is 9.22. The van der Waals surface area contributed by atoms with Crippen LogP contribution in [0, 0.1) is 0 Å². The number of likely N-dealkylation sites (tertiary alicyclic amines) is 1. The highest BCUT2D eigenvalue weighted by atomic mass is 16.5. The summed E-state index contributed by atoms with van der Waals surface area (Å²) in [4.78, 5) is 2.39. The molecule has 0 bridgehead atoms. The van der Waals surface area contributed by atoms with E-state index in [0.717, 1.165) is 12.2 Å². The highest BCUT2D eigenvalue weighted by molar-refractivity contribution is 5.59. The van der Waals surface area contributed by atoms with Gasteiger partial charge in [-0.2, -0.15) is 0 Å². The second kappa shape index (κ2) is 5.39. The molecular weight excluding hydrogens is 238 g/mol. The van der Waals surface area contributed by atoms with Crippen LogP contribution in [0.2, 0.25) is 0 Å². The Morgan fingerprint density at radius 3 is 2.89 bits per heavy atom. The SMILES string of the molecule is CN1CCC(Nc2cccc3c2C[C@H](N)CO3)CC1. The zero-order chi connectivity index (χ0) is 13.2. The molecule has 0 unspecified atom stereocenters. The highest BCUT2D eigenvalue weighted by Crippen LogP contribution is 2.31. The first kappa shape index (κ1) is 12.8. The average Bonchev–Trinajstić information content (AvgIpc) is 2.42. The third kappa shape index (κ3) is 2.85. The number of piperidine rings is 1. The van der Waals surface area contributed by atoms with Crippen molar-refractivity contribution in [3.05, 3.63) is 23.8 Å². The van der Waals surface area contributed by atoms with Crippen molar-refractivity contribution in [3.63, 3.8) is 0 Å². The van der Waals surface area contributed by atoms with Crippen LogP contribution >= 0.6 is 0 Å². The zero-order valence-electron chi connectivity index (χ0n) is 11.6. The summed E-state index contributed by atoms with van der Waals surface area (Å²) in [6.45, 7) is 2.97. The van der Waals surface area contributed by atoms with Crippen molar-refractivity contribution in [3.8, 4) is 5.75 Å². The molecule has 1 aromatic rings. The normalized spacial score (nSPS) is 24.6. The van der Waals surface area contributed by atoms with Crippen molar-refractivity contribution in [2.24, 2.45) is 5.73 Å². The second-order valence-electron chi connectivity index (χ2n) is 5.78. The zero-order valence-corrected chi connectivity index (χ0v) is 11.6. The van der Waals surface area contributed by atoms with Crippen LogP contribution in [0.15, 0.2) is 18.2 Å². The van der Waals surface area contributed by atoms with Gasteiger partial charge in [0.05, 0.1) is 0 Å². The largest absolute Gasteiger partial charge is 0.492 e. The summed E-state index contributed by atoms with van der Waals surface area (Å²) in [5, 5.41) is 3.69. The second-order valence-corrected chi connectivity index (χ2v) is 5.78. The van der Waals surface area contributed by atoms with Gasteiger partial charge in [-0.3, -0.25) is 0 Å². The molecule has 19 heavy (non-hydrogen) atoms. The van der Waals surface area contributed by atoms with Gasteiger partial charge in [-0.25, -0.2) is 0 Å². The molecule has 104 valence electrons. The molecule has 2 aliphatic rings. The van der Waals surface area contributed by atoms with Crippen LogP contribution in [0.3, 0.4) is 0 Å². The summed E-state index contributed by atoms with van der Waals surface area (Å²) in [6, 6.07) is 6.95. The Labute approximate surface area is 114 Å². The van der Waals surface area contributed by atoms with Gasteiger partial charge in [-0.1, -0.05) is 6.07 Å². The Balaban J connectivity index is 1.74. The molecule has 1 atom stereocenters. The Morgan fingerprint density at radius 2 is 2.11 bits per heavy atom. The fraction of sp³-hybridized carbons (Fsp3) is 0.600. The number of hydrogen-bond acceptors (Lipinski definition) is 4. The Bertz CT molecular complexity index is 441. The molecule has 0 aromatic heterocycles. The van der Waals surface area contributed by atoms with Gasteiger partial charge >= 0.3 is 0 Å². The average molecular weight is 261 g/mol. The number of ether oxygens (including phenoxy) is 1. The summed E-state index contributed by atoms with van der Waals surface area (Å²) in [6.07, 6.45) is 3.31. The summed E-state index contributed by atoms with van der Waals surface area (Å²) < 4.78 is 5.71. The molecular formula is C15H23N3O. The van der Waals surface area contributed by atoms with Gasteiger partial charge in [-0.15, -0.1) is 0 Å². The smallest absolute Gasteiger partial charge is 0.124 e. The van der Waals surface area contributed by atoms with Gasteiger partial charge in [0, 0.05) is 23.3 Å². The number of nitrogens with one attached hydrogen (secondary N) is 1. The number of fused-ring (bicyclic) bond motifs is 1. The number of hydrogen-bond donors (Lipinski definition) is 2. The van der Waals surface area contributed by atoms with E-state index in [0.29, 0.717) is 12.6 Å². The summed E-state index contributed by atoms with van der Waals surface area (Å²) in [5.41, 5.74) is 8.47. The van der Waals surface area contributed by atoms with E-state index in [1.54, 1.807) is 0 Å². The maximum absolute atomic E-state index is 6.01. The lowest BCUT2D eigenvalue weighted by atomic mass is 9.99. The minimum absolute atomic E-state index is 0.118. The van der Waals surface area contributed by atoms with Crippen LogP contribution in [0.5, 0.6) is 5.75 Å². The van der Waals surface area contributed by atoms with E-state index in [-0.39, 0.29) is 6.04 Å². The molecule has 1 saturated heterocycles. The molecule has 0 amide bonds. The molecule has 2 heterocycles. The van der Waals surface area contributed by atoms with E-state index in [4.69, 9.17) is 10.5 Å². The Kier molecular flexibility index (Phi) is 3.62. The third-order valence-electron chi connectivity index (χ3n) is 4.13. The number of nitrogens with two attached hydrogens (primary N) is 1. The summed E-state index contributed by atoms with van der Waals surface area (Å²) in [7, 11) is 2.19. The van der Waals surface area contributed by atoms with Gasteiger partial charge in [0.25, 0.3) is 0 Å². The number of benzene rings is 1. The summed E-state index contributed by atoms with van der Waals surface area (Å²) >= 11 is 0. The van der Waals surface area contributed by atoms with E-state index in [1.807, 2.05) is 6.07 Å². The predicted octanol–water partition coefficient (Wildman–Crippen LogP) is 1.45. The van der Waals surface area contributed by atoms with E-state index in [2.05, 4.69) is 29.4 Å². The van der Waals surface area contributed by atoms with E-state index >= 15 is 0 Å². The van der Waals surface area contributed by atoms with Crippen molar-refractivity contribution in [1.82, 2.24) is 4.90 Å². The molecule has 0 aliphatic carbocycles. The van der Waals surface area contributed by atoms with Crippen molar-refractivity contribution in [2.75, 3.05) is 32.1 Å². The van der Waals surface area contributed by atoms with Gasteiger partial charge in [-0.05, 0) is 51.5 Å². The lowest BCUT2D eigenvalue weighted by Crippen LogP contribution is -2.38. The van der Waals surface area contributed by atoms with Crippen LogP contribution in [-0.2, 0) is 6.42 Å². The molecule has 4 nitrogen and oxygen atoms in total. The number of rotatable bonds is 2. The van der Waals surface area contributed by atoms with Crippen molar-refractivity contribution in [2.45, 2.75) is 31.3 Å². The van der Waals surface area contributed by atoms with Crippen molar-refractivity contribution >= 4 is 5.69 Å². The first-order valence-electron chi connectivity index (χ1n) is 7.18. The quantitative estimate of drug-likeness (QED) is 0.846. The molecule has 1 fully saturated rings. The van der Waals surface area contributed by atoms with Gasteiger partial charge < -0.3 is 20.7 Å². The maximum Gasteiger partial charge on any atom is 0.124 e. The lowest BCUT2D eigenvalue weighted by molar-refractivity contribution is 0.260. The molecule has 4 heteroatoms. The Morgan fingerprint density at radius 1 is 1.32 bits per heavy atom. The van der Waals surface area contributed by atoms with Gasteiger partial charge in [0.1, 0.15) is 12.4 Å². The standard InChI is InChI=1S/C15H23N3O/c1-18-7-5-12(6-8-18)17-14-3-2-4-15-13(14)9-11(16)10-19-15/h2-4,11-12,17H,5-10,16H2,1H3/t11-/m0/s1. The minimum Gasteiger partial charge on any atom is -0.492 e. The molecule has 3 N–H and O–H groups in total. The van der Waals surface area contributed by atoms with Crippen LogP contribution in [0.1, 0.15) is 18.4 Å². The van der Waals surface area contributed by atoms with Crippen LogP contribution in [0.4, 0.5) is 5.69 Å². The minimum atomic E-state index is 0.118. The fourth-order valence-electron chi connectivity index (χ4n) is 2.94. The van der Waals surface area contributed by atoms with Crippen LogP contribution in [0.25, 0.3) is 0 Å². The number of anilines is 1. The predicted molar refractivity (Wildman–Crippen MR) is 77.8 cm³/mol. The maximum atomic E-state index is 6.01. The molecule has 0 radical (unpaired) electrons. The number of nitrogens with zero attached hydrogens (tertiary/aromatic N) is 1. The van der Waals surface area contributed by atoms with Crippen molar-refractivity contribution < 1.29 is 4.74 Å². The fourth-order valence-corrected chi connectivity index (χ4v) is 2.94. The molecule has 0 spiro atoms. The molecule has 2 aliphatic heterocycles.